The molecule has 0 fully saturated rings. The van der Waals surface area contributed by atoms with Crippen LogP contribution >= 0.6 is 11.6 Å². The van der Waals surface area contributed by atoms with Crippen LogP contribution in [0.15, 0.2) is 30.3 Å². The van der Waals surface area contributed by atoms with E-state index in [1.807, 2.05) is 19.9 Å². The summed E-state index contributed by atoms with van der Waals surface area (Å²) in [7, 11) is 0. The van der Waals surface area contributed by atoms with Crippen LogP contribution in [0.2, 0.25) is 5.02 Å². The summed E-state index contributed by atoms with van der Waals surface area (Å²) in [6, 6.07) is 8.91. The van der Waals surface area contributed by atoms with Gasteiger partial charge in [-0.3, -0.25) is 9.59 Å². The predicted molar refractivity (Wildman–Crippen MR) is 101 cm³/mol. The van der Waals surface area contributed by atoms with Crippen molar-refractivity contribution in [2.75, 3.05) is 6.61 Å². The largest absolute Gasteiger partial charge is 0.466 e. The second kappa shape index (κ2) is 7.30. The molecule has 0 amide bonds. The molecule has 3 aromatic rings. The third-order valence-corrected chi connectivity index (χ3v) is 4.29. The molecule has 2 aromatic heterocycles. The summed E-state index contributed by atoms with van der Waals surface area (Å²) in [5.41, 5.74) is 3.71. The Labute approximate surface area is 156 Å². The predicted octanol–water partition coefficient (Wildman–Crippen LogP) is 4.17. The molecule has 0 unspecified atom stereocenters. The number of benzene rings is 1. The minimum Gasteiger partial charge on any atom is -0.466 e. The summed E-state index contributed by atoms with van der Waals surface area (Å²) in [5.74, 6) is -0.653. The molecule has 0 radical (unpaired) electrons. The van der Waals surface area contributed by atoms with Gasteiger partial charge < -0.3 is 9.72 Å². The maximum absolute atomic E-state index is 13.1. The van der Waals surface area contributed by atoms with Gasteiger partial charge in [0.05, 0.1) is 18.7 Å². The first-order chi connectivity index (χ1) is 12.4. The number of fused-ring (bicyclic) bond motifs is 1. The van der Waals surface area contributed by atoms with Crippen LogP contribution in [0.25, 0.3) is 10.9 Å². The van der Waals surface area contributed by atoms with Gasteiger partial charge in [-0.1, -0.05) is 11.6 Å². The molecule has 26 heavy (non-hydrogen) atoms. The molecule has 0 saturated heterocycles. The van der Waals surface area contributed by atoms with E-state index in [0.717, 1.165) is 22.2 Å². The Morgan fingerprint density at radius 2 is 1.96 bits per heavy atom. The average molecular weight is 371 g/mol. The lowest BCUT2D eigenvalue weighted by Gasteiger charge is -2.06. The molecule has 0 aliphatic rings. The highest BCUT2D eigenvalue weighted by atomic mass is 35.5. The van der Waals surface area contributed by atoms with Crippen molar-refractivity contribution < 1.29 is 14.3 Å². The number of aromatic amines is 1. The van der Waals surface area contributed by atoms with E-state index in [9.17, 15) is 9.59 Å². The second-order valence-corrected chi connectivity index (χ2v) is 6.59. The number of nitrogens with zero attached hydrogens (tertiary/aromatic N) is 1. The molecule has 0 spiro atoms. The van der Waals surface area contributed by atoms with E-state index in [0.29, 0.717) is 22.0 Å². The number of ether oxygens (including phenoxy) is 1. The first kappa shape index (κ1) is 18.1. The van der Waals surface area contributed by atoms with Gasteiger partial charge in [-0.25, -0.2) is 4.98 Å². The van der Waals surface area contributed by atoms with E-state index in [-0.39, 0.29) is 18.8 Å². The first-order valence-corrected chi connectivity index (χ1v) is 8.72. The standard InChI is InChI=1S/C20H19ClN2O3/c1-4-26-18(24)10-15-14-9-13(21)5-6-16(14)23-19(15)20(25)17-8-11(2)7-12(3)22-17/h5-9,23H,4,10H2,1-3H3. The van der Waals surface area contributed by atoms with Crippen molar-refractivity contribution in [2.24, 2.45) is 0 Å². The molecule has 134 valence electrons. The number of ketones is 1. The van der Waals surface area contributed by atoms with Crippen molar-refractivity contribution in [1.82, 2.24) is 9.97 Å². The molecule has 6 heteroatoms. The molecule has 3 rings (SSSR count). The Kier molecular flexibility index (Phi) is 5.09. The number of rotatable bonds is 5. The zero-order valence-corrected chi connectivity index (χ0v) is 15.6. The lowest BCUT2D eigenvalue weighted by Crippen LogP contribution is -2.13. The number of esters is 1. The number of halogens is 1. The van der Waals surface area contributed by atoms with Crippen molar-refractivity contribution in [1.29, 1.82) is 0 Å². The number of carbonyl (C=O) groups is 2. The monoisotopic (exact) mass is 370 g/mol. The minimum absolute atomic E-state index is 0.0138. The highest BCUT2D eigenvalue weighted by Crippen LogP contribution is 2.28. The van der Waals surface area contributed by atoms with Gasteiger partial charge in [0.25, 0.3) is 0 Å². The maximum Gasteiger partial charge on any atom is 0.310 e. The summed E-state index contributed by atoms with van der Waals surface area (Å²) in [4.78, 5) is 32.6. The van der Waals surface area contributed by atoms with Crippen LogP contribution in [0, 0.1) is 13.8 Å². The van der Waals surface area contributed by atoms with Gasteiger partial charge in [-0.05, 0) is 56.7 Å². The van der Waals surface area contributed by atoms with Crippen molar-refractivity contribution in [3.05, 3.63) is 63.6 Å². The van der Waals surface area contributed by atoms with Gasteiger partial charge in [-0.2, -0.15) is 0 Å². The van der Waals surface area contributed by atoms with Crippen molar-refractivity contribution in [3.8, 4) is 0 Å². The van der Waals surface area contributed by atoms with Gasteiger partial charge in [0.2, 0.25) is 5.78 Å². The zero-order chi connectivity index (χ0) is 18.8. The molecule has 0 aliphatic carbocycles. The van der Waals surface area contributed by atoms with Gasteiger partial charge in [0.15, 0.2) is 0 Å². The van der Waals surface area contributed by atoms with Crippen LogP contribution in [0.3, 0.4) is 0 Å². The second-order valence-electron chi connectivity index (χ2n) is 6.15. The third kappa shape index (κ3) is 3.63. The summed E-state index contributed by atoms with van der Waals surface area (Å²) in [6.07, 6.45) is -0.0138. The molecule has 1 aromatic carbocycles. The van der Waals surface area contributed by atoms with Gasteiger partial charge in [0.1, 0.15) is 5.69 Å². The Hall–Kier alpha value is -2.66. The minimum atomic E-state index is -0.393. The third-order valence-electron chi connectivity index (χ3n) is 4.05. The van der Waals surface area contributed by atoms with Crippen molar-refractivity contribution in [2.45, 2.75) is 27.2 Å². The maximum atomic E-state index is 13.1. The van der Waals surface area contributed by atoms with Crippen molar-refractivity contribution >= 4 is 34.3 Å². The van der Waals surface area contributed by atoms with Crippen LogP contribution in [0.4, 0.5) is 0 Å². The number of aromatic nitrogens is 2. The number of hydrogen-bond acceptors (Lipinski definition) is 4. The van der Waals surface area contributed by atoms with Gasteiger partial charge >= 0.3 is 5.97 Å². The normalized spacial score (nSPS) is 10.9. The summed E-state index contributed by atoms with van der Waals surface area (Å²) in [5, 5.41) is 1.27. The average Bonchev–Trinajstić information content (AvgIpc) is 2.91. The molecular formula is C20H19ClN2O3. The lowest BCUT2D eigenvalue weighted by atomic mass is 10.0. The van der Waals surface area contributed by atoms with E-state index in [2.05, 4.69) is 9.97 Å². The van der Waals surface area contributed by atoms with Crippen LogP contribution in [-0.2, 0) is 16.0 Å². The van der Waals surface area contributed by atoms with E-state index >= 15 is 0 Å². The Morgan fingerprint density at radius 1 is 1.19 bits per heavy atom. The quantitative estimate of drug-likeness (QED) is 0.540. The van der Waals surface area contributed by atoms with E-state index in [4.69, 9.17) is 16.3 Å². The summed E-state index contributed by atoms with van der Waals surface area (Å²) in [6.45, 7) is 5.78. The summed E-state index contributed by atoms with van der Waals surface area (Å²) >= 11 is 6.11. The van der Waals surface area contributed by atoms with Crippen LogP contribution in [0.1, 0.15) is 39.9 Å². The highest BCUT2D eigenvalue weighted by Gasteiger charge is 2.23. The Balaban J connectivity index is 2.14. The molecule has 0 bridgehead atoms. The van der Waals surface area contributed by atoms with E-state index in [1.54, 1.807) is 31.2 Å². The lowest BCUT2D eigenvalue weighted by molar-refractivity contribution is -0.142. The first-order valence-electron chi connectivity index (χ1n) is 8.34. The number of nitrogens with one attached hydrogen (secondary N) is 1. The highest BCUT2D eigenvalue weighted by molar-refractivity contribution is 6.31. The number of aryl methyl sites for hydroxylation is 2. The van der Waals surface area contributed by atoms with Crippen LogP contribution < -0.4 is 0 Å². The number of carbonyl (C=O) groups excluding carboxylic acids is 2. The van der Waals surface area contributed by atoms with Crippen LogP contribution in [0.5, 0.6) is 0 Å². The number of H-pyrrole nitrogens is 1. The molecule has 2 heterocycles. The smallest absolute Gasteiger partial charge is 0.310 e. The molecule has 0 atom stereocenters. The van der Waals surface area contributed by atoms with Gasteiger partial charge in [-0.15, -0.1) is 0 Å². The van der Waals surface area contributed by atoms with E-state index in [1.165, 1.54) is 0 Å². The van der Waals surface area contributed by atoms with Crippen LogP contribution in [-0.4, -0.2) is 28.3 Å². The molecule has 1 N–H and O–H groups in total. The molecule has 0 saturated carbocycles. The topological polar surface area (TPSA) is 72.1 Å². The van der Waals surface area contributed by atoms with Gasteiger partial charge in [0, 0.05) is 27.2 Å². The van der Waals surface area contributed by atoms with Crippen molar-refractivity contribution in [3.63, 3.8) is 0 Å². The number of hydrogen-bond donors (Lipinski definition) is 1. The Bertz CT molecular complexity index is 987. The van der Waals surface area contributed by atoms with E-state index < -0.39 is 5.97 Å². The fourth-order valence-corrected chi connectivity index (χ4v) is 3.21. The SMILES string of the molecule is CCOC(=O)Cc1c(C(=O)c2cc(C)cc(C)n2)[nH]c2ccc(Cl)cc12. The Morgan fingerprint density at radius 3 is 2.65 bits per heavy atom. The zero-order valence-electron chi connectivity index (χ0n) is 14.9. The fourth-order valence-electron chi connectivity index (χ4n) is 3.04. The molecule has 5 nitrogen and oxygen atoms in total. The molecule has 0 aliphatic heterocycles. The summed E-state index contributed by atoms with van der Waals surface area (Å²) < 4.78 is 5.06. The fraction of sp³-hybridized carbons (Fsp3) is 0.250. The molecular weight excluding hydrogens is 352 g/mol. The number of pyridine rings is 1.